The Morgan fingerprint density at radius 1 is 1.14 bits per heavy atom. The lowest BCUT2D eigenvalue weighted by atomic mass is 10.1. The summed E-state index contributed by atoms with van der Waals surface area (Å²) in [4.78, 5) is 15.8. The van der Waals surface area contributed by atoms with E-state index in [1.807, 2.05) is 18.2 Å². The zero-order valence-electron chi connectivity index (χ0n) is 16.1. The van der Waals surface area contributed by atoms with Crippen molar-refractivity contribution >= 4 is 29.1 Å². The maximum absolute atomic E-state index is 11.8. The Bertz CT molecular complexity index is 781. The molecule has 2 rings (SSSR count). The number of azo groups is 1. The highest BCUT2D eigenvalue weighted by Gasteiger charge is 2.12. The molecule has 0 bridgehead atoms. The molecular weight excluding hydrogens is 358 g/mol. The van der Waals surface area contributed by atoms with Gasteiger partial charge < -0.3 is 15.6 Å². The summed E-state index contributed by atoms with van der Waals surface area (Å²) in [7, 11) is 0. The molecule has 1 aromatic carbocycles. The van der Waals surface area contributed by atoms with Crippen LogP contribution in [0.1, 0.15) is 45.4 Å². The molecule has 0 spiro atoms. The molecule has 0 atom stereocenters. The molecule has 8 heteroatoms. The molecule has 0 aliphatic carbocycles. The minimum atomic E-state index is -0.686. The molecule has 2 aromatic rings. The van der Waals surface area contributed by atoms with Crippen molar-refractivity contribution in [2.24, 2.45) is 10.2 Å². The monoisotopic (exact) mass is 385 g/mol. The highest BCUT2D eigenvalue weighted by Crippen LogP contribution is 2.32. The normalized spacial score (nSPS) is 10.9. The third-order valence-electron chi connectivity index (χ3n) is 3.99. The molecule has 8 nitrogen and oxygen atoms in total. The summed E-state index contributed by atoms with van der Waals surface area (Å²) < 4.78 is 5.10. The van der Waals surface area contributed by atoms with Crippen molar-refractivity contribution in [3.05, 3.63) is 36.4 Å². The Hall–Kier alpha value is -3.16. The molecule has 0 fully saturated rings. The predicted molar refractivity (Wildman–Crippen MR) is 109 cm³/mol. The Morgan fingerprint density at radius 3 is 2.61 bits per heavy atom. The average Bonchev–Trinajstić information content (AvgIpc) is 2.69. The van der Waals surface area contributed by atoms with E-state index in [0.717, 1.165) is 19.3 Å². The molecule has 28 heavy (non-hydrogen) atoms. The van der Waals surface area contributed by atoms with Crippen LogP contribution in [0.15, 0.2) is 46.6 Å². The fraction of sp³-hybridized carbons (Fsp3) is 0.400. The van der Waals surface area contributed by atoms with Crippen molar-refractivity contribution in [2.75, 3.05) is 17.7 Å². The van der Waals surface area contributed by atoms with Crippen molar-refractivity contribution < 1.29 is 14.6 Å². The molecule has 0 saturated carbocycles. The van der Waals surface area contributed by atoms with Crippen LogP contribution in [0.2, 0.25) is 0 Å². The number of nitrogen functional groups attached to an aromatic ring is 1. The number of pyridine rings is 1. The van der Waals surface area contributed by atoms with E-state index in [9.17, 15) is 9.90 Å². The Morgan fingerprint density at radius 2 is 1.86 bits per heavy atom. The number of benzene rings is 1. The quantitative estimate of drug-likeness (QED) is 0.358. The number of nitrogens with two attached hydrogens (primary N) is 1. The van der Waals surface area contributed by atoms with Crippen LogP contribution in [-0.4, -0.2) is 22.8 Å². The minimum absolute atomic E-state index is 0.0312. The van der Waals surface area contributed by atoms with E-state index < -0.39 is 6.09 Å². The van der Waals surface area contributed by atoms with Gasteiger partial charge in [0.2, 0.25) is 0 Å². The van der Waals surface area contributed by atoms with Gasteiger partial charge in [0, 0.05) is 6.07 Å². The number of amides is 1. The van der Waals surface area contributed by atoms with E-state index in [0.29, 0.717) is 12.3 Å². The number of rotatable bonds is 10. The number of nitrogens with zero attached hydrogens (tertiary/aromatic N) is 3. The molecule has 0 unspecified atom stereocenters. The third kappa shape index (κ3) is 7.22. The largest absolute Gasteiger partial charge is 0.504 e. The van der Waals surface area contributed by atoms with Crippen molar-refractivity contribution in [1.82, 2.24) is 4.98 Å². The number of carbonyl (C=O) groups is 1. The van der Waals surface area contributed by atoms with Crippen molar-refractivity contribution in [3.8, 4) is 5.75 Å². The Kier molecular flexibility index (Phi) is 8.71. The smallest absolute Gasteiger partial charge is 0.412 e. The molecule has 1 amide bonds. The van der Waals surface area contributed by atoms with Gasteiger partial charge in [-0.15, -0.1) is 5.11 Å². The van der Waals surface area contributed by atoms with Gasteiger partial charge in [-0.1, -0.05) is 57.2 Å². The average molecular weight is 385 g/mol. The van der Waals surface area contributed by atoms with Crippen molar-refractivity contribution in [3.63, 3.8) is 0 Å². The van der Waals surface area contributed by atoms with Gasteiger partial charge in [0.15, 0.2) is 17.4 Å². The first kappa shape index (κ1) is 21.1. The Labute approximate surface area is 164 Å². The SMILES string of the molecule is CCCCCCCCOC(=O)Nc1nc(N)c(N=Nc2ccccc2)cc1O. The number of aromatic hydroxyl groups is 1. The second-order valence-electron chi connectivity index (χ2n) is 6.32. The van der Waals surface area contributed by atoms with Crippen LogP contribution in [0.25, 0.3) is 0 Å². The Balaban J connectivity index is 1.84. The number of aromatic nitrogens is 1. The van der Waals surface area contributed by atoms with Crippen LogP contribution < -0.4 is 11.1 Å². The molecule has 4 N–H and O–H groups in total. The van der Waals surface area contributed by atoms with E-state index >= 15 is 0 Å². The fourth-order valence-corrected chi connectivity index (χ4v) is 2.47. The van der Waals surface area contributed by atoms with Gasteiger partial charge in [0.1, 0.15) is 5.69 Å². The van der Waals surface area contributed by atoms with Gasteiger partial charge in [0.05, 0.1) is 12.3 Å². The summed E-state index contributed by atoms with van der Waals surface area (Å²) in [5.74, 6) is -0.319. The van der Waals surface area contributed by atoms with E-state index in [-0.39, 0.29) is 23.1 Å². The fourth-order valence-electron chi connectivity index (χ4n) is 2.47. The maximum atomic E-state index is 11.8. The van der Waals surface area contributed by atoms with Gasteiger partial charge in [-0.2, -0.15) is 5.11 Å². The summed E-state index contributed by atoms with van der Waals surface area (Å²) in [5.41, 5.74) is 6.68. The molecule has 0 radical (unpaired) electrons. The molecule has 0 aliphatic heterocycles. The van der Waals surface area contributed by atoms with E-state index in [2.05, 4.69) is 27.5 Å². The summed E-state index contributed by atoms with van der Waals surface area (Å²) in [6, 6.07) is 10.4. The summed E-state index contributed by atoms with van der Waals surface area (Å²) >= 11 is 0. The molecule has 0 aliphatic rings. The van der Waals surface area contributed by atoms with Gasteiger partial charge in [-0.25, -0.2) is 9.78 Å². The standard InChI is InChI=1S/C20H27N5O3/c1-2-3-4-5-6-10-13-28-20(27)23-19-17(26)14-16(18(21)22-19)25-24-15-11-8-7-9-12-15/h7-9,11-12,14,26H,2-6,10,13H2,1H3,(H3,21,22,23,27). The van der Waals surface area contributed by atoms with E-state index in [4.69, 9.17) is 10.5 Å². The highest BCUT2D eigenvalue weighted by molar-refractivity contribution is 5.86. The molecular formula is C20H27N5O3. The minimum Gasteiger partial charge on any atom is -0.504 e. The van der Waals surface area contributed by atoms with Crippen LogP contribution in [0.5, 0.6) is 5.75 Å². The summed E-state index contributed by atoms with van der Waals surface area (Å²) in [5, 5.41) is 20.5. The lowest BCUT2D eigenvalue weighted by Crippen LogP contribution is -2.15. The van der Waals surface area contributed by atoms with Gasteiger partial charge >= 0.3 is 6.09 Å². The predicted octanol–water partition coefficient (Wildman–Crippen LogP) is 5.69. The van der Waals surface area contributed by atoms with Gasteiger partial charge in [-0.05, 0) is 18.6 Å². The maximum Gasteiger partial charge on any atom is 0.412 e. The van der Waals surface area contributed by atoms with Crippen molar-refractivity contribution in [2.45, 2.75) is 45.4 Å². The van der Waals surface area contributed by atoms with Crippen LogP contribution in [-0.2, 0) is 4.74 Å². The first-order valence-corrected chi connectivity index (χ1v) is 9.50. The van der Waals surface area contributed by atoms with Crippen LogP contribution in [0, 0.1) is 0 Å². The van der Waals surface area contributed by atoms with Crippen LogP contribution >= 0.6 is 0 Å². The zero-order chi connectivity index (χ0) is 20.2. The van der Waals surface area contributed by atoms with E-state index in [1.165, 1.54) is 25.3 Å². The number of anilines is 2. The molecule has 0 saturated heterocycles. The van der Waals surface area contributed by atoms with Crippen molar-refractivity contribution in [1.29, 1.82) is 0 Å². The first-order chi connectivity index (χ1) is 13.6. The van der Waals surface area contributed by atoms with Gasteiger partial charge in [0.25, 0.3) is 0 Å². The second-order valence-corrected chi connectivity index (χ2v) is 6.32. The van der Waals surface area contributed by atoms with Crippen LogP contribution in [0.4, 0.5) is 27.8 Å². The number of carbonyl (C=O) groups excluding carboxylic acids is 1. The van der Waals surface area contributed by atoms with Gasteiger partial charge in [-0.3, -0.25) is 5.32 Å². The zero-order valence-corrected chi connectivity index (χ0v) is 16.1. The number of unbranched alkanes of at least 4 members (excludes halogenated alkanes) is 5. The summed E-state index contributed by atoms with van der Waals surface area (Å²) in [6.07, 6.45) is 5.90. The topological polar surface area (TPSA) is 122 Å². The third-order valence-corrected chi connectivity index (χ3v) is 3.99. The van der Waals surface area contributed by atoms with E-state index in [1.54, 1.807) is 12.1 Å². The second kappa shape index (κ2) is 11.5. The summed E-state index contributed by atoms with van der Waals surface area (Å²) in [6.45, 7) is 2.49. The lowest BCUT2D eigenvalue weighted by molar-refractivity contribution is 0.159. The lowest BCUT2D eigenvalue weighted by Gasteiger charge is -2.09. The molecule has 1 heterocycles. The number of ether oxygens (including phenoxy) is 1. The van der Waals surface area contributed by atoms with Crippen LogP contribution in [0.3, 0.4) is 0 Å². The number of nitrogens with one attached hydrogen (secondary N) is 1. The first-order valence-electron chi connectivity index (χ1n) is 9.50. The highest BCUT2D eigenvalue weighted by atomic mass is 16.5. The molecule has 1 aromatic heterocycles. The number of hydrogen-bond donors (Lipinski definition) is 3. The number of hydrogen-bond acceptors (Lipinski definition) is 7. The molecule has 150 valence electrons.